The molecule has 2 aromatic carbocycles. The molecule has 0 fully saturated rings. The standard InChI is InChI=1S/C18H22N2O2/c1-20(2)13-17(15-9-5-3-6-10-15)19-18(21)14-22-16-11-7-4-8-12-16/h3-12,17H,13-14H2,1-2H3,(H,19,21)/t17-/m1/s1. The highest BCUT2D eigenvalue weighted by Crippen LogP contribution is 2.13. The fourth-order valence-corrected chi connectivity index (χ4v) is 2.19. The van der Waals surface area contributed by atoms with Crippen molar-refractivity contribution in [3.05, 3.63) is 66.2 Å². The Morgan fingerprint density at radius 1 is 1.05 bits per heavy atom. The zero-order valence-electron chi connectivity index (χ0n) is 13.0. The maximum atomic E-state index is 12.1. The van der Waals surface area contributed by atoms with Crippen molar-refractivity contribution in [2.45, 2.75) is 6.04 Å². The van der Waals surface area contributed by atoms with E-state index in [2.05, 4.69) is 10.2 Å². The highest BCUT2D eigenvalue weighted by molar-refractivity contribution is 5.78. The normalized spacial score (nSPS) is 12.0. The van der Waals surface area contributed by atoms with Gasteiger partial charge in [0.25, 0.3) is 5.91 Å². The van der Waals surface area contributed by atoms with Gasteiger partial charge in [-0.3, -0.25) is 4.79 Å². The molecule has 0 heterocycles. The number of hydrogen-bond acceptors (Lipinski definition) is 3. The van der Waals surface area contributed by atoms with Crippen molar-refractivity contribution in [1.29, 1.82) is 0 Å². The van der Waals surface area contributed by atoms with Crippen LogP contribution in [-0.2, 0) is 4.79 Å². The minimum absolute atomic E-state index is 0.0147. The number of para-hydroxylation sites is 1. The second-order valence-corrected chi connectivity index (χ2v) is 5.39. The monoisotopic (exact) mass is 298 g/mol. The third-order valence-corrected chi connectivity index (χ3v) is 3.20. The van der Waals surface area contributed by atoms with Crippen LogP contribution in [0.25, 0.3) is 0 Å². The summed E-state index contributed by atoms with van der Waals surface area (Å²) in [5.74, 6) is 0.570. The summed E-state index contributed by atoms with van der Waals surface area (Å²) in [7, 11) is 3.98. The van der Waals surface area contributed by atoms with Gasteiger partial charge < -0.3 is 15.0 Å². The zero-order chi connectivity index (χ0) is 15.8. The number of benzene rings is 2. The molecule has 0 saturated carbocycles. The van der Waals surface area contributed by atoms with Crippen molar-refractivity contribution in [2.24, 2.45) is 0 Å². The second kappa shape index (κ2) is 8.20. The highest BCUT2D eigenvalue weighted by Gasteiger charge is 2.15. The number of ether oxygens (including phenoxy) is 1. The SMILES string of the molecule is CN(C)C[C@@H](NC(=O)COc1ccccc1)c1ccccc1. The first-order valence-electron chi connectivity index (χ1n) is 7.32. The van der Waals surface area contributed by atoms with E-state index < -0.39 is 0 Å². The van der Waals surface area contributed by atoms with Crippen LogP contribution in [-0.4, -0.2) is 38.1 Å². The molecule has 2 aromatic rings. The fourth-order valence-electron chi connectivity index (χ4n) is 2.19. The first kappa shape index (κ1) is 16.0. The first-order valence-corrected chi connectivity index (χ1v) is 7.32. The number of amides is 1. The molecule has 22 heavy (non-hydrogen) atoms. The average Bonchev–Trinajstić information content (AvgIpc) is 2.54. The van der Waals surface area contributed by atoms with Gasteiger partial charge in [0.15, 0.2) is 6.61 Å². The lowest BCUT2D eigenvalue weighted by Crippen LogP contribution is -2.37. The van der Waals surface area contributed by atoms with Crippen LogP contribution in [0.5, 0.6) is 5.75 Å². The molecule has 4 heteroatoms. The fraction of sp³-hybridized carbons (Fsp3) is 0.278. The van der Waals surface area contributed by atoms with E-state index in [1.54, 1.807) is 0 Å². The van der Waals surface area contributed by atoms with Crippen molar-refractivity contribution in [2.75, 3.05) is 27.2 Å². The number of likely N-dealkylation sites (N-methyl/N-ethyl adjacent to an activating group) is 1. The average molecular weight is 298 g/mol. The number of carbonyl (C=O) groups excluding carboxylic acids is 1. The van der Waals surface area contributed by atoms with Gasteiger partial charge in [0.1, 0.15) is 5.75 Å². The highest BCUT2D eigenvalue weighted by atomic mass is 16.5. The molecule has 0 aliphatic heterocycles. The minimum Gasteiger partial charge on any atom is -0.484 e. The third kappa shape index (κ3) is 5.22. The van der Waals surface area contributed by atoms with Gasteiger partial charge in [-0.15, -0.1) is 0 Å². The molecule has 0 radical (unpaired) electrons. The molecule has 0 bridgehead atoms. The van der Waals surface area contributed by atoms with Crippen LogP contribution in [0.2, 0.25) is 0 Å². The van der Waals surface area contributed by atoms with Gasteiger partial charge in [0, 0.05) is 6.54 Å². The predicted octanol–water partition coefficient (Wildman–Crippen LogP) is 2.48. The van der Waals surface area contributed by atoms with Crippen LogP contribution in [0, 0.1) is 0 Å². The number of nitrogens with zero attached hydrogens (tertiary/aromatic N) is 1. The number of carbonyl (C=O) groups is 1. The van der Waals surface area contributed by atoms with Gasteiger partial charge >= 0.3 is 0 Å². The van der Waals surface area contributed by atoms with Gasteiger partial charge in [-0.05, 0) is 31.8 Å². The molecular weight excluding hydrogens is 276 g/mol. The largest absolute Gasteiger partial charge is 0.484 e. The summed E-state index contributed by atoms with van der Waals surface area (Å²) in [6, 6.07) is 19.3. The van der Waals surface area contributed by atoms with E-state index in [1.807, 2.05) is 74.8 Å². The Kier molecular flexibility index (Phi) is 5.98. The topological polar surface area (TPSA) is 41.6 Å². The Hall–Kier alpha value is -2.33. The van der Waals surface area contributed by atoms with Gasteiger partial charge in [-0.25, -0.2) is 0 Å². The van der Waals surface area contributed by atoms with E-state index in [0.29, 0.717) is 5.75 Å². The lowest BCUT2D eigenvalue weighted by atomic mass is 10.1. The maximum absolute atomic E-state index is 12.1. The van der Waals surface area contributed by atoms with Crippen molar-refractivity contribution < 1.29 is 9.53 Å². The van der Waals surface area contributed by atoms with Crippen LogP contribution >= 0.6 is 0 Å². The zero-order valence-corrected chi connectivity index (χ0v) is 13.0. The minimum atomic E-state index is -0.125. The van der Waals surface area contributed by atoms with Crippen LogP contribution < -0.4 is 10.1 Å². The number of hydrogen-bond donors (Lipinski definition) is 1. The second-order valence-electron chi connectivity index (χ2n) is 5.39. The Labute approximate surface area is 131 Å². The van der Waals surface area contributed by atoms with E-state index in [-0.39, 0.29) is 18.6 Å². The van der Waals surface area contributed by atoms with E-state index in [4.69, 9.17) is 4.74 Å². The van der Waals surface area contributed by atoms with Crippen LogP contribution in [0.4, 0.5) is 0 Å². The molecule has 2 rings (SSSR count). The molecule has 0 spiro atoms. The van der Waals surface area contributed by atoms with Crippen LogP contribution in [0.15, 0.2) is 60.7 Å². The molecule has 1 amide bonds. The molecule has 0 unspecified atom stereocenters. The Balaban J connectivity index is 1.93. The smallest absolute Gasteiger partial charge is 0.258 e. The quantitative estimate of drug-likeness (QED) is 0.854. The predicted molar refractivity (Wildman–Crippen MR) is 87.8 cm³/mol. The van der Waals surface area contributed by atoms with Crippen LogP contribution in [0.1, 0.15) is 11.6 Å². The van der Waals surface area contributed by atoms with E-state index in [9.17, 15) is 4.79 Å². The van der Waals surface area contributed by atoms with E-state index >= 15 is 0 Å². The van der Waals surface area contributed by atoms with Crippen LogP contribution in [0.3, 0.4) is 0 Å². The van der Waals surface area contributed by atoms with Gasteiger partial charge in [-0.2, -0.15) is 0 Å². The first-order chi connectivity index (χ1) is 10.6. The summed E-state index contributed by atoms with van der Waals surface area (Å²) in [6.45, 7) is 0.752. The Bertz CT molecular complexity index is 570. The maximum Gasteiger partial charge on any atom is 0.258 e. The van der Waals surface area contributed by atoms with Gasteiger partial charge in [-0.1, -0.05) is 48.5 Å². The number of nitrogens with one attached hydrogen (secondary N) is 1. The summed E-state index contributed by atoms with van der Waals surface area (Å²) in [6.07, 6.45) is 0. The summed E-state index contributed by atoms with van der Waals surface area (Å²) < 4.78 is 5.48. The molecule has 0 aliphatic carbocycles. The molecule has 4 nitrogen and oxygen atoms in total. The third-order valence-electron chi connectivity index (χ3n) is 3.20. The van der Waals surface area contributed by atoms with Crippen molar-refractivity contribution >= 4 is 5.91 Å². The summed E-state index contributed by atoms with van der Waals surface area (Å²) in [5.41, 5.74) is 1.09. The summed E-state index contributed by atoms with van der Waals surface area (Å²) in [4.78, 5) is 14.2. The van der Waals surface area contributed by atoms with E-state index in [1.165, 1.54) is 0 Å². The van der Waals surface area contributed by atoms with Crippen molar-refractivity contribution in [3.63, 3.8) is 0 Å². The molecule has 0 aliphatic rings. The molecule has 0 aromatic heterocycles. The van der Waals surface area contributed by atoms with Gasteiger partial charge in [0.05, 0.1) is 6.04 Å². The van der Waals surface area contributed by atoms with Crippen molar-refractivity contribution in [1.82, 2.24) is 10.2 Å². The van der Waals surface area contributed by atoms with Gasteiger partial charge in [0.2, 0.25) is 0 Å². The Morgan fingerprint density at radius 3 is 2.23 bits per heavy atom. The van der Waals surface area contributed by atoms with Crippen molar-refractivity contribution in [3.8, 4) is 5.75 Å². The molecular formula is C18H22N2O2. The van der Waals surface area contributed by atoms with E-state index in [0.717, 1.165) is 12.1 Å². The molecule has 1 N–H and O–H groups in total. The molecule has 116 valence electrons. The Morgan fingerprint density at radius 2 is 1.64 bits per heavy atom. The lowest BCUT2D eigenvalue weighted by molar-refractivity contribution is -0.124. The summed E-state index contributed by atoms with van der Waals surface area (Å²) >= 11 is 0. The molecule has 0 saturated heterocycles. The summed E-state index contributed by atoms with van der Waals surface area (Å²) in [5, 5.41) is 3.03. The lowest BCUT2D eigenvalue weighted by Gasteiger charge is -2.23. The molecule has 1 atom stereocenters. The number of rotatable bonds is 7.